The summed E-state index contributed by atoms with van der Waals surface area (Å²) in [6.07, 6.45) is 0.213. The molecule has 7 nitrogen and oxygen atoms in total. The van der Waals surface area contributed by atoms with Crippen molar-refractivity contribution in [3.05, 3.63) is 10.8 Å². The monoisotopic (exact) mass is 296 g/mol. The van der Waals surface area contributed by atoms with Gasteiger partial charge in [-0.15, -0.1) is 10.2 Å². The molecule has 1 fully saturated rings. The summed E-state index contributed by atoms with van der Waals surface area (Å²) in [5.74, 6) is -0.117. The van der Waals surface area contributed by atoms with Gasteiger partial charge in [0.15, 0.2) is 11.9 Å². The molecule has 1 aliphatic heterocycles. The molecular formula is C12H16N4O3S. The molecule has 20 heavy (non-hydrogen) atoms. The number of hydrogen-bond acceptors (Lipinski definition) is 6. The first-order valence-electron chi connectivity index (χ1n) is 6.47. The van der Waals surface area contributed by atoms with Crippen molar-refractivity contribution in [2.75, 3.05) is 0 Å². The number of nitrogens with zero attached hydrogens (tertiary/aromatic N) is 4. The van der Waals surface area contributed by atoms with E-state index in [-0.39, 0.29) is 11.5 Å². The molecule has 2 unspecified atom stereocenters. The number of ether oxygens (including phenoxy) is 1. The standard InChI is InChI=1S/C12H16N4O3S/c1-12(2,3)10-13-14-11-16(10)15-8(20-11)6-4-5-7(19-6)9(17)18/h6-7H,4-5H2,1-3H3,(H,17,18). The van der Waals surface area contributed by atoms with E-state index in [1.807, 2.05) is 0 Å². The Kier molecular flexibility index (Phi) is 3.02. The van der Waals surface area contributed by atoms with Crippen LogP contribution in [0.1, 0.15) is 50.5 Å². The number of hydrogen-bond donors (Lipinski definition) is 1. The molecule has 2 atom stereocenters. The van der Waals surface area contributed by atoms with E-state index in [2.05, 4.69) is 36.1 Å². The van der Waals surface area contributed by atoms with Crippen molar-refractivity contribution in [3.63, 3.8) is 0 Å². The molecule has 3 heterocycles. The lowest BCUT2D eigenvalue weighted by Crippen LogP contribution is -2.19. The smallest absolute Gasteiger partial charge is 0.332 e. The SMILES string of the molecule is CC(C)(C)c1nnc2sc(C3CCC(C(=O)O)O3)nn12. The molecule has 0 radical (unpaired) electrons. The number of carboxylic acid groups (broad SMARTS) is 1. The Hall–Kier alpha value is -1.54. The molecule has 2 aromatic heterocycles. The highest BCUT2D eigenvalue weighted by atomic mass is 32.1. The number of carboxylic acids is 1. The van der Waals surface area contributed by atoms with Gasteiger partial charge in [-0.3, -0.25) is 0 Å². The lowest BCUT2D eigenvalue weighted by atomic mass is 9.96. The Labute approximate surface area is 119 Å². The second-order valence-electron chi connectivity index (χ2n) is 5.94. The van der Waals surface area contributed by atoms with Crippen molar-refractivity contribution < 1.29 is 14.6 Å². The van der Waals surface area contributed by atoms with Crippen LogP contribution in [0, 0.1) is 0 Å². The van der Waals surface area contributed by atoms with Gasteiger partial charge in [0.05, 0.1) is 0 Å². The van der Waals surface area contributed by atoms with E-state index < -0.39 is 12.1 Å². The molecule has 3 rings (SSSR count). The van der Waals surface area contributed by atoms with Crippen molar-refractivity contribution in [1.82, 2.24) is 19.8 Å². The molecule has 1 N–H and O–H groups in total. The Morgan fingerprint density at radius 3 is 2.75 bits per heavy atom. The van der Waals surface area contributed by atoms with E-state index in [0.717, 1.165) is 10.8 Å². The third-order valence-corrected chi connectivity index (χ3v) is 4.24. The van der Waals surface area contributed by atoms with Gasteiger partial charge in [0.25, 0.3) is 0 Å². The minimum atomic E-state index is -0.911. The van der Waals surface area contributed by atoms with Crippen LogP contribution in [-0.2, 0) is 14.9 Å². The predicted octanol–water partition coefficient (Wildman–Crippen LogP) is 1.79. The van der Waals surface area contributed by atoms with Crippen LogP contribution in [0.15, 0.2) is 0 Å². The maximum atomic E-state index is 10.9. The zero-order valence-corrected chi connectivity index (χ0v) is 12.3. The van der Waals surface area contributed by atoms with Crippen LogP contribution in [0.2, 0.25) is 0 Å². The molecule has 108 valence electrons. The summed E-state index contributed by atoms with van der Waals surface area (Å²) in [5.41, 5.74) is -0.148. The van der Waals surface area contributed by atoms with Crippen molar-refractivity contribution >= 4 is 22.3 Å². The number of aromatic nitrogens is 4. The van der Waals surface area contributed by atoms with Crippen molar-refractivity contribution in [1.29, 1.82) is 0 Å². The summed E-state index contributed by atoms with van der Waals surface area (Å²) in [7, 11) is 0. The molecule has 0 aromatic carbocycles. The summed E-state index contributed by atoms with van der Waals surface area (Å²) >= 11 is 1.41. The molecular weight excluding hydrogens is 280 g/mol. The fraction of sp³-hybridized carbons (Fsp3) is 0.667. The van der Waals surface area contributed by atoms with Gasteiger partial charge < -0.3 is 9.84 Å². The summed E-state index contributed by atoms with van der Waals surface area (Å²) in [6.45, 7) is 6.15. The zero-order chi connectivity index (χ0) is 14.5. The highest BCUT2D eigenvalue weighted by Gasteiger charge is 2.34. The van der Waals surface area contributed by atoms with Crippen LogP contribution < -0.4 is 0 Å². The molecule has 2 aromatic rings. The Morgan fingerprint density at radius 1 is 1.40 bits per heavy atom. The molecule has 0 amide bonds. The largest absolute Gasteiger partial charge is 0.479 e. The number of fused-ring (bicyclic) bond motifs is 1. The average Bonchev–Trinajstić information content (AvgIpc) is 3.01. The van der Waals surface area contributed by atoms with Crippen molar-refractivity contribution in [2.45, 2.75) is 51.2 Å². The first-order chi connectivity index (χ1) is 9.36. The van der Waals surface area contributed by atoms with E-state index in [0.29, 0.717) is 17.8 Å². The number of carbonyl (C=O) groups is 1. The Bertz CT molecular complexity index is 657. The lowest BCUT2D eigenvalue weighted by Gasteiger charge is -2.13. The topological polar surface area (TPSA) is 89.6 Å². The Morgan fingerprint density at radius 2 is 2.15 bits per heavy atom. The van der Waals surface area contributed by atoms with Gasteiger partial charge in [-0.1, -0.05) is 32.1 Å². The maximum absolute atomic E-state index is 10.9. The minimum Gasteiger partial charge on any atom is -0.479 e. The second kappa shape index (κ2) is 4.49. The molecule has 1 saturated heterocycles. The first-order valence-corrected chi connectivity index (χ1v) is 7.29. The fourth-order valence-electron chi connectivity index (χ4n) is 2.23. The van der Waals surface area contributed by atoms with Crippen LogP contribution >= 0.6 is 11.3 Å². The maximum Gasteiger partial charge on any atom is 0.332 e. The van der Waals surface area contributed by atoms with Crippen molar-refractivity contribution in [2.24, 2.45) is 0 Å². The second-order valence-corrected chi connectivity index (χ2v) is 6.92. The summed E-state index contributed by atoms with van der Waals surface area (Å²) < 4.78 is 7.25. The highest BCUT2D eigenvalue weighted by molar-refractivity contribution is 7.16. The molecule has 0 saturated carbocycles. The van der Waals surface area contributed by atoms with Crippen LogP contribution in [0.5, 0.6) is 0 Å². The van der Waals surface area contributed by atoms with Gasteiger partial charge in [0.2, 0.25) is 4.96 Å². The highest BCUT2D eigenvalue weighted by Crippen LogP contribution is 2.35. The normalized spacial score (nSPS) is 23.6. The molecule has 0 spiro atoms. The number of aliphatic carboxylic acids is 1. The zero-order valence-electron chi connectivity index (χ0n) is 11.5. The van der Waals surface area contributed by atoms with Gasteiger partial charge >= 0.3 is 5.97 Å². The van der Waals surface area contributed by atoms with Gasteiger partial charge in [-0.25, -0.2) is 4.79 Å². The summed E-state index contributed by atoms with van der Waals surface area (Å²) in [4.78, 5) is 11.6. The molecule has 8 heteroatoms. The van der Waals surface area contributed by atoms with E-state index in [1.54, 1.807) is 4.52 Å². The quantitative estimate of drug-likeness (QED) is 0.908. The summed E-state index contributed by atoms with van der Waals surface area (Å²) in [6, 6.07) is 0. The van der Waals surface area contributed by atoms with E-state index in [1.165, 1.54) is 11.3 Å². The van der Waals surface area contributed by atoms with Crippen molar-refractivity contribution in [3.8, 4) is 0 Å². The molecule has 0 bridgehead atoms. The first kappa shape index (κ1) is 13.4. The van der Waals surface area contributed by atoms with Crippen LogP contribution in [0.3, 0.4) is 0 Å². The Balaban J connectivity index is 1.91. The lowest BCUT2D eigenvalue weighted by molar-refractivity contribution is -0.149. The van der Waals surface area contributed by atoms with Crippen LogP contribution in [0.4, 0.5) is 0 Å². The third kappa shape index (κ3) is 2.18. The number of rotatable bonds is 2. The van der Waals surface area contributed by atoms with Crippen LogP contribution in [-0.4, -0.2) is 37.0 Å². The van der Waals surface area contributed by atoms with Gasteiger partial charge in [-0.2, -0.15) is 9.61 Å². The average molecular weight is 296 g/mol. The fourth-order valence-corrected chi connectivity index (χ4v) is 3.14. The molecule has 0 aliphatic carbocycles. The van der Waals surface area contributed by atoms with E-state index >= 15 is 0 Å². The van der Waals surface area contributed by atoms with Gasteiger partial charge in [-0.05, 0) is 12.8 Å². The van der Waals surface area contributed by atoms with E-state index in [4.69, 9.17) is 9.84 Å². The van der Waals surface area contributed by atoms with Gasteiger partial charge in [0, 0.05) is 5.41 Å². The van der Waals surface area contributed by atoms with E-state index in [9.17, 15) is 4.79 Å². The predicted molar refractivity (Wildman–Crippen MR) is 71.8 cm³/mol. The minimum absolute atomic E-state index is 0.148. The summed E-state index contributed by atoms with van der Waals surface area (Å²) in [5, 5.41) is 22.5. The molecule has 1 aliphatic rings. The van der Waals surface area contributed by atoms with Gasteiger partial charge in [0.1, 0.15) is 11.1 Å². The third-order valence-electron chi connectivity index (χ3n) is 3.25. The van der Waals surface area contributed by atoms with Crippen LogP contribution in [0.25, 0.3) is 4.96 Å².